The van der Waals surface area contributed by atoms with E-state index in [0.717, 1.165) is 50.3 Å². The molecule has 0 spiro atoms. The molecular formula is C26H33N5O. The molecule has 2 aliphatic heterocycles. The van der Waals surface area contributed by atoms with Crippen LogP contribution in [0.5, 0.6) is 0 Å². The summed E-state index contributed by atoms with van der Waals surface area (Å²) in [5.41, 5.74) is 9.20. The summed E-state index contributed by atoms with van der Waals surface area (Å²) in [6.07, 6.45) is 6.04. The van der Waals surface area contributed by atoms with Gasteiger partial charge in [0.1, 0.15) is 6.17 Å². The van der Waals surface area contributed by atoms with Crippen molar-refractivity contribution in [2.45, 2.75) is 51.2 Å². The molecule has 1 saturated heterocycles. The normalized spacial score (nSPS) is 22.0. The number of fused-ring (bicyclic) bond motifs is 1. The lowest BCUT2D eigenvalue weighted by Crippen LogP contribution is -2.55. The van der Waals surface area contributed by atoms with Gasteiger partial charge in [0.2, 0.25) is 0 Å². The number of nitrogens with one attached hydrogen (secondary N) is 2. The number of rotatable bonds is 3. The van der Waals surface area contributed by atoms with E-state index in [4.69, 9.17) is 5.10 Å². The lowest BCUT2D eigenvalue weighted by Gasteiger charge is -2.41. The Morgan fingerprint density at radius 2 is 1.69 bits per heavy atom. The topological polar surface area (TPSA) is 60.0 Å². The molecule has 1 unspecified atom stereocenters. The number of hydrogen-bond donors (Lipinski definition) is 2. The number of hydrazone groups is 1. The zero-order valence-corrected chi connectivity index (χ0v) is 18.9. The van der Waals surface area contributed by atoms with Gasteiger partial charge < -0.3 is 10.2 Å². The fourth-order valence-electron chi connectivity index (χ4n) is 5.11. The highest BCUT2D eigenvalue weighted by atomic mass is 16.2. The summed E-state index contributed by atoms with van der Waals surface area (Å²) in [6, 6.07) is 17.5. The molecule has 2 aromatic carbocycles. The Kier molecular flexibility index (Phi) is 6.12. The molecule has 2 amide bonds. The van der Waals surface area contributed by atoms with Gasteiger partial charge in [0.15, 0.2) is 0 Å². The predicted octanol–water partition coefficient (Wildman–Crippen LogP) is 4.01. The zero-order chi connectivity index (χ0) is 21.9. The molecule has 1 atom stereocenters. The summed E-state index contributed by atoms with van der Waals surface area (Å²) in [5.74, 6) is 0. The van der Waals surface area contributed by atoms with Crippen LogP contribution in [0.15, 0.2) is 53.6 Å². The third-order valence-electron chi connectivity index (χ3n) is 7.03. The molecule has 0 radical (unpaired) electrons. The Morgan fingerprint density at radius 1 is 0.969 bits per heavy atom. The van der Waals surface area contributed by atoms with Crippen molar-refractivity contribution in [1.82, 2.24) is 20.5 Å². The minimum absolute atomic E-state index is 0.0314. The van der Waals surface area contributed by atoms with E-state index in [1.807, 2.05) is 4.90 Å². The van der Waals surface area contributed by atoms with E-state index in [0.29, 0.717) is 6.04 Å². The number of benzene rings is 2. The minimum Gasteiger partial charge on any atom is -0.335 e. The lowest BCUT2D eigenvalue weighted by atomic mass is 9.94. The maximum Gasteiger partial charge on any atom is 0.317 e. The van der Waals surface area contributed by atoms with Gasteiger partial charge in [-0.1, -0.05) is 73.4 Å². The van der Waals surface area contributed by atoms with Gasteiger partial charge in [0.25, 0.3) is 0 Å². The second kappa shape index (κ2) is 9.33. The van der Waals surface area contributed by atoms with Gasteiger partial charge in [-0.15, -0.1) is 0 Å². The fraction of sp³-hybridized carbons (Fsp3) is 0.462. The number of nitrogens with zero attached hydrogens (tertiary/aromatic N) is 3. The molecule has 168 valence electrons. The monoisotopic (exact) mass is 431 g/mol. The SMILES string of the molecule is Cc1ccc(C2=NNC(N3CCN(C(=O)NC4CCCCC4)CC3)c3ccccc32)cc1. The first-order valence-corrected chi connectivity index (χ1v) is 12.0. The van der Waals surface area contributed by atoms with Crippen LogP contribution in [-0.2, 0) is 0 Å². The summed E-state index contributed by atoms with van der Waals surface area (Å²) in [5, 5.41) is 8.05. The van der Waals surface area contributed by atoms with Gasteiger partial charge in [-0.25, -0.2) is 4.79 Å². The quantitative estimate of drug-likeness (QED) is 0.772. The molecule has 0 aromatic heterocycles. The average molecular weight is 432 g/mol. The van der Waals surface area contributed by atoms with Crippen LogP contribution < -0.4 is 10.7 Å². The van der Waals surface area contributed by atoms with Crippen molar-refractivity contribution in [3.8, 4) is 0 Å². The lowest BCUT2D eigenvalue weighted by molar-refractivity contribution is 0.0910. The van der Waals surface area contributed by atoms with Crippen molar-refractivity contribution in [3.05, 3.63) is 70.8 Å². The summed E-state index contributed by atoms with van der Waals surface area (Å²) >= 11 is 0. The second-order valence-electron chi connectivity index (χ2n) is 9.25. The number of urea groups is 1. The molecule has 1 saturated carbocycles. The van der Waals surface area contributed by atoms with Gasteiger partial charge >= 0.3 is 6.03 Å². The molecule has 6 heteroatoms. The van der Waals surface area contributed by atoms with E-state index in [-0.39, 0.29) is 12.2 Å². The van der Waals surface area contributed by atoms with Crippen LogP contribution in [-0.4, -0.2) is 53.8 Å². The molecular weight excluding hydrogens is 398 g/mol. The number of amides is 2. The molecule has 0 bridgehead atoms. The molecule has 2 fully saturated rings. The summed E-state index contributed by atoms with van der Waals surface area (Å²) in [4.78, 5) is 17.1. The Morgan fingerprint density at radius 3 is 2.44 bits per heavy atom. The van der Waals surface area contributed by atoms with Gasteiger partial charge in [0, 0.05) is 43.3 Å². The Bertz CT molecular complexity index is 972. The van der Waals surface area contributed by atoms with E-state index >= 15 is 0 Å². The number of carbonyl (C=O) groups excluding carboxylic acids is 1. The number of carbonyl (C=O) groups is 1. The Hall–Kier alpha value is -2.86. The summed E-state index contributed by atoms with van der Waals surface area (Å²) in [6.45, 7) is 5.25. The van der Waals surface area contributed by atoms with E-state index < -0.39 is 0 Å². The fourth-order valence-corrected chi connectivity index (χ4v) is 5.11. The second-order valence-corrected chi connectivity index (χ2v) is 9.25. The Labute approximate surface area is 190 Å². The molecule has 2 heterocycles. The maximum atomic E-state index is 12.7. The van der Waals surface area contributed by atoms with Gasteiger partial charge in [-0.05, 0) is 25.3 Å². The van der Waals surface area contributed by atoms with Crippen LogP contribution >= 0.6 is 0 Å². The number of aryl methyl sites for hydroxylation is 1. The predicted molar refractivity (Wildman–Crippen MR) is 128 cm³/mol. The van der Waals surface area contributed by atoms with Crippen molar-refractivity contribution in [3.63, 3.8) is 0 Å². The molecule has 3 aliphatic rings. The van der Waals surface area contributed by atoms with Crippen molar-refractivity contribution in [1.29, 1.82) is 0 Å². The van der Waals surface area contributed by atoms with Crippen molar-refractivity contribution >= 4 is 11.7 Å². The third kappa shape index (κ3) is 4.37. The molecule has 32 heavy (non-hydrogen) atoms. The largest absolute Gasteiger partial charge is 0.335 e. The van der Waals surface area contributed by atoms with Crippen LogP contribution in [0.4, 0.5) is 4.79 Å². The van der Waals surface area contributed by atoms with Gasteiger partial charge in [-0.2, -0.15) is 5.10 Å². The van der Waals surface area contributed by atoms with Crippen LogP contribution in [0.2, 0.25) is 0 Å². The summed E-state index contributed by atoms with van der Waals surface area (Å²) < 4.78 is 0. The van der Waals surface area contributed by atoms with Gasteiger partial charge in [0.05, 0.1) is 5.71 Å². The minimum atomic E-state index is 0.0314. The first kappa shape index (κ1) is 21.0. The number of hydrogen-bond acceptors (Lipinski definition) is 4. The maximum absolute atomic E-state index is 12.7. The standard InChI is InChI=1S/C26H33N5O/c1-19-11-13-20(14-12-19)24-22-9-5-6-10-23(22)25(29-28-24)30-15-17-31(18-16-30)26(32)27-21-7-3-2-4-8-21/h5-6,9-14,21,25,29H,2-4,7-8,15-18H2,1H3,(H,27,32). The smallest absolute Gasteiger partial charge is 0.317 e. The van der Waals surface area contributed by atoms with Gasteiger partial charge in [-0.3, -0.25) is 10.3 Å². The Balaban J connectivity index is 1.25. The van der Waals surface area contributed by atoms with E-state index in [2.05, 4.69) is 71.1 Å². The highest BCUT2D eigenvalue weighted by Gasteiger charge is 2.31. The highest BCUT2D eigenvalue weighted by molar-refractivity contribution is 6.14. The van der Waals surface area contributed by atoms with E-state index in [1.54, 1.807) is 0 Å². The van der Waals surface area contributed by atoms with Crippen LogP contribution in [0.3, 0.4) is 0 Å². The summed E-state index contributed by atoms with van der Waals surface area (Å²) in [7, 11) is 0. The van der Waals surface area contributed by atoms with Crippen molar-refractivity contribution in [2.75, 3.05) is 26.2 Å². The van der Waals surface area contributed by atoms with Crippen LogP contribution in [0, 0.1) is 6.92 Å². The molecule has 5 rings (SSSR count). The molecule has 2 N–H and O–H groups in total. The third-order valence-corrected chi connectivity index (χ3v) is 7.03. The average Bonchev–Trinajstić information content (AvgIpc) is 2.85. The van der Waals surface area contributed by atoms with E-state index in [9.17, 15) is 4.79 Å². The molecule has 1 aliphatic carbocycles. The van der Waals surface area contributed by atoms with E-state index in [1.165, 1.54) is 36.0 Å². The van der Waals surface area contributed by atoms with Crippen LogP contribution in [0.25, 0.3) is 0 Å². The first-order chi connectivity index (χ1) is 15.7. The highest BCUT2D eigenvalue weighted by Crippen LogP contribution is 2.29. The first-order valence-electron chi connectivity index (χ1n) is 12.0. The molecule has 2 aromatic rings. The van der Waals surface area contributed by atoms with Crippen LogP contribution in [0.1, 0.15) is 60.5 Å². The van der Waals surface area contributed by atoms with Crippen molar-refractivity contribution in [2.24, 2.45) is 5.10 Å². The van der Waals surface area contributed by atoms with Crippen molar-refractivity contribution < 1.29 is 4.79 Å². The number of piperazine rings is 1. The zero-order valence-electron chi connectivity index (χ0n) is 18.9. The molecule has 6 nitrogen and oxygen atoms in total.